The highest BCUT2D eigenvalue weighted by molar-refractivity contribution is 6.21. The van der Waals surface area contributed by atoms with Crippen LogP contribution in [0.2, 0.25) is 4.78 Å². The molecule has 0 saturated heterocycles. The Kier molecular flexibility index (Phi) is 4.39. The van der Waals surface area contributed by atoms with E-state index < -0.39 is 6.17 Å². The summed E-state index contributed by atoms with van der Waals surface area (Å²) in [5.41, 5.74) is 0. The van der Waals surface area contributed by atoms with Crippen molar-refractivity contribution in [3.05, 3.63) is 0 Å². The van der Waals surface area contributed by atoms with Crippen molar-refractivity contribution in [3.8, 4) is 0 Å². The average Bonchev–Trinajstić information content (AvgIpc) is 2.24. The average molecular weight is 245 g/mol. The van der Waals surface area contributed by atoms with Crippen LogP contribution in [0.1, 0.15) is 44.9 Å². The van der Waals surface area contributed by atoms with E-state index in [2.05, 4.69) is 16.3 Å². The summed E-state index contributed by atoms with van der Waals surface area (Å²) in [7, 11) is 0. The molecule has 2 aliphatic rings. The highest BCUT2D eigenvalue weighted by Gasteiger charge is 2.37. The van der Waals surface area contributed by atoms with E-state index in [0.717, 1.165) is 17.6 Å². The maximum atomic E-state index is 13.5. The molecule has 84 valence electrons. The van der Waals surface area contributed by atoms with Crippen LogP contribution in [0.4, 0.5) is 4.39 Å². The van der Waals surface area contributed by atoms with Gasteiger partial charge in [-0.1, -0.05) is 32.1 Å². The van der Waals surface area contributed by atoms with Crippen LogP contribution in [0, 0.1) is 11.8 Å². The van der Waals surface area contributed by atoms with Gasteiger partial charge in [-0.2, -0.15) is 0 Å². The standard InChI is InChI=1S/C12H19ClF.Al/c13-12-10(7-4-8-11(12)14)9-5-2-1-3-6-9;/h1,9-12H,2-8H2;. The molecule has 0 bridgehead atoms. The minimum atomic E-state index is -0.751. The van der Waals surface area contributed by atoms with Gasteiger partial charge >= 0.3 is 0 Å². The van der Waals surface area contributed by atoms with Crippen molar-refractivity contribution in [2.45, 2.75) is 61.3 Å². The van der Waals surface area contributed by atoms with Gasteiger partial charge in [-0.25, -0.2) is 4.39 Å². The Hall–Kier alpha value is 0.752. The summed E-state index contributed by atoms with van der Waals surface area (Å²) < 4.78 is 14.3. The monoisotopic (exact) mass is 244 g/mol. The van der Waals surface area contributed by atoms with Crippen molar-refractivity contribution < 1.29 is 4.39 Å². The molecule has 2 fully saturated rings. The Morgan fingerprint density at radius 3 is 2.33 bits per heavy atom. The fourth-order valence-corrected chi connectivity index (χ4v) is 4.05. The van der Waals surface area contributed by atoms with Gasteiger partial charge in [0.15, 0.2) is 0 Å². The molecule has 15 heavy (non-hydrogen) atoms. The second-order valence-electron chi connectivity index (χ2n) is 5.23. The molecule has 0 nitrogen and oxygen atoms in total. The molecular weight excluding hydrogens is 226 g/mol. The van der Waals surface area contributed by atoms with Gasteiger partial charge in [-0.05, 0) is 24.7 Å². The Labute approximate surface area is 105 Å². The SMILES string of the molecule is FC1CCCC(C2CC[CH]([Al])CC2)C1Cl. The van der Waals surface area contributed by atoms with Crippen molar-refractivity contribution in [2.75, 3.05) is 0 Å². The molecule has 3 heteroatoms. The molecule has 0 heterocycles. The van der Waals surface area contributed by atoms with E-state index in [0.29, 0.717) is 18.3 Å². The molecule has 2 rings (SSSR count). The van der Waals surface area contributed by atoms with E-state index in [-0.39, 0.29) is 5.38 Å². The lowest BCUT2D eigenvalue weighted by Gasteiger charge is -2.39. The van der Waals surface area contributed by atoms with E-state index in [1.165, 1.54) is 25.7 Å². The summed E-state index contributed by atoms with van der Waals surface area (Å²) in [5, 5.41) is -0.204. The normalized spacial score (nSPS) is 47.7. The lowest BCUT2D eigenvalue weighted by molar-refractivity contribution is 0.137. The first-order chi connectivity index (χ1) is 7.18. The lowest BCUT2D eigenvalue weighted by Crippen LogP contribution is -2.36. The number of hydrogen-bond acceptors (Lipinski definition) is 0. The van der Waals surface area contributed by atoms with E-state index in [9.17, 15) is 4.39 Å². The quantitative estimate of drug-likeness (QED) is 0.485. The van der Waals surface area contributed by atoms with Crippen molar-refractivity contribution in [3.63, 3.8) is 0 Å². The van der Waals surface area contributed by atoms with Crippen LogP contribution in [0.3, 0.4) is 0 Å². The fourth-order valence-electron chi connectivity index (χ4n) is 3.20. The zero-order chi connectivity index (χ0) is 10.8. The summed E-state index contributed by atoms with van der Waals surface area (Å²) in [4.78, 5) is 0. The highest BCUT2D eigenvalue weighted by atomic mass is 35.5. The zero-order valence-electron chi connectivity index (χ0n) is 9.17. The molecule has 3 atom stereocenters. The van der Waals surface area contributed by atoms with Crippen molar-refractivity contribution in [1.29, 1.82) is 0 Å². The molecule has 0 aromatic heterocycles. The zero-order valence-corrected chi connectivity index (χ0v) is 11.1. The topological polar surface area (TPSA) is 0 Å². The summed E-state index contributed by atoms with van der Waals surface area (Å²) in [6.07, 6.45) is 7.21. The maximum Gasteiger partial charge on any atom is 0.123 e. The molecule has 2 aliphatic carbocycles. The number of rotatable bonds is 1. The van der Waals surface area contributed by atoms with Crippen LogP contribution < -0.4 is 0 Å². The van der Waals surface area contributed by atoms with Crippen molar-refractivity contribution >= 4 is 27.9 Å². The Bertz CT molecular complexity index is 204. The van der Waals surface area contributed by atoms with Gasteiger partial charge in [-0.15, -0.1) is 16.4 Å². The Morgan fingerprint density at radius 2 is 1.67 bits per heavy atom. The third kappa shape index (κ3) is 2.90. The summed E-state index contributed by atoms with van der Waals surface area (Å²) in [6.45, 7) is 0. The van der Waals surface area contributed by atoms with E-state index >= 15 is 0 Å². The maximum absolute atomic E-state index is 13.5. The summed E-state index contributed by atoms with van der Waals surface area (Å²) >= 11 is 9.14. The minimum absolute atomic E-state index is 0.204. The number of halogens is 2. The first kappa shape index (κ1) is 12.2. The molecule has 3 unspecified atom stereocenters. The third-order valence-electron chi connectivity index (χ3n) is 4.19. The molecule has 0 spiro atoms. The number of alkyl halides is 2. The van der Waals surface area contributed by atoms with Crippen LogP contribution in [0.5, 0.6) is 0 Å². The second-order valence-corrected chi connectivity index (χ2v) is 6.68. The van der Waals surface area contributed by atoms with Gasteiger partial charge in [0, 0.05) is 0 Å². The molecule has 0 aliphatic heterocycles. The van der Waals surface area contributed by atoms with E-state index in [4.69, 9.17) is 11.6 Å². The Morgan fingerprint density at radius 1 is 1.00 bits per heavy atom. The number of hydrogen-bond donors (Lipinski definition) is 0. The predicted molar refractivity (Wildman–Crippen MR) is 63.3 cm³/mol. The van der Waals surface area contributed by atoms with Gasteiger partial charge in [0.1, 0.15) is 22.5 Å². The summed E-state index contributed by atoms with van der Waals surface area (Å²) in [5.74, 6) is 1.15. The minimum Gasteiger partial charge on any atom is -0.246 e. The molecule has 0 N–H and O–H groups in total. The molecular formula is C12H19AlClF. The first-order valence-electron chi connectivity index (χ1n) is 6.22. The Balaban J connectivity index is 1.91. The van der Waals surface area contributed by atoms with Gasteiger partial charge in [-0.3, -0.25) is 0 Å². The smallest absolute Gasteiger partial charge is 0.123 e. The van der Waals surface area contributed by atoms with Crippen molar-refractivity contribution in [1.82, 2.24) is 0 Å². The molecule has 0 aromatic rings. The molecule has 0 aromatic carbocycles. The molecule has 2 saturated carbocycles. The highest BCUT2D eigenvalue weighted by Crippen LogP contribution is 2.43. The largest absolute Gasteiger partial charge is 0.246 e. The van der Waals surface area contributed by atoms with Gasteiger partial charge in [0.2, 0.25) is 0 Å². The van der Waals surface area contributed by atoms with Crippen LogP contribution in [0.15, 0.2) is 0 Å². The summed E-state index contributed by atoms with van der Waals surface area (Å²) in [6, 6.07) is 0. The second kappa shape index (κ2) is 5.39. The molecule has 0 amide bonds. The molecule has 2 radical (unpaired) electrons. The van der Waals surface area contributed by atoms with E-state index in [1.807, 2.05) is 0 Å². The van der Waals surface area contributed by atoms with Gasteiger partial charge < -0.3 is 0 Å². The first-order valence-corrected chi connectivity index (χ1v) is 7.32. The van der Waals surface area contributed by atoms with Crippen molar-refractivity contribution in [2.24, 2.45) is 11.8 Å². The van der Waals surface area contributed by atoms with Crippen LogP contribution >= 0.6 is 11.6 Å². The lowest BCUT2D eigenvalue weighted by atomic mass is 9.72. The predicted octanol–water partition coefficient (Wildman–Crippen LogP) is 3.88. The van der Waals surface area contributed by atoms with Gasteiger partial charge in [0.05, 0.1) is 5.38 Å². The van der Waals surface area contributed by atoms with Crippen LogP contribution in [-0.2, 0) is 0 Å². The van der Waals surface area contributed by atoms with E-state index in [1.54, 1.807) is 0 Å². The van der Waals surface area contributed by atoms with Crippen LogP contribution in [-0.4, -0.2) is 27.8 Å². The third-order valence-corrected chi connectivity index (χ3v) is 5.46. The fraction of sp³-hybridized carbons (Fsp3) is 1.00. The van der Waals surface area contributed by atoms with Crippen LogP contribution in [0.25, 0.3) is 0 Å². The van der Waals surface area contributed by atoms with Gasteiger partial charge in [0.25, 0.3) is 0 Å².